The van der Waals surface area contributed by atoms with Gasteiger partial charge in [-0.05, 0) is 30.2 Å². The van der Waals surface area contributed by atoms with Gasteiger partial charge in [0, 0.05) is 18.2 Å². The Bertz CT molecular complexity index is 506. The van der Waals surface area contributed by atoms with Crippen molar-refractivity contribution in [2.75, 3.05) is 7.11 Å². The molecule has 0 aliphatic heterocycles. The van der Waals surface area contributed by atoms with Gasteiger partial charge in [0.05, 0.1) is 12.8 Å². The Balaban J connectivity index is 2.38. The van der Waals surface area contributed by atoms with E-state index in [4.69, 9.17) is 15.0 Å². The zero-order chi connectivity index (χ0) is 12.3. The first-order chi connectivity index (χ1) is 8.28. The van der Waals surface area contributed by atoms with Crippen molar-refractivity contribution in [1.29, 1.82) is 0 Å². The van der Waals surface area contributed by atoms with E-state index in [1.165, 1.54) is 0 Å². The number of rotatable bonds is 4. The van der Waals surface area contributed by atoms with Gasteiger partial charge >= 0.3 is 0 Å². The summed E-state index contributed by atoms with van der Waals surface area (Å²) in [7, 11) is 1.68. The summed E-state index contributed by atoms with van der Waals surface area (Å²) in [6, 6.07) is 7.82. The molecule has 1 heterocycles. The highest BCUT2D eigenvalue weighted by Crippen LogP contribution is 2.27. The van der Waals surface area contributed by atoms with Crippen LogP contribution in [0.5, 0.6) is 5.75 Å². The molecule has 0 spiro atoms. The summed E-state index contributed by atoms with van der Waals surface area (Å²) in [5, 5.41) is 3.88. The van der Waals surface area contributed by atoms with E-state index in [0.717, 1.165) is 34.8 Å². The van der Waals surface area contributed by atoms with Crippen LogP contribution in [0.1, 0.15) is 18.2 Å². The fourth-order valence-electron chi connectivity index (χ4n) is 1.75. The van der Waals surface area contributed by atoms with Gasteiger partial charge in [-0.2, -0.15) is 0 Å². The van der Waals surface area contributed by atoms with Crippen LogP contribution < -0.4 is 10.5 Å². The van der Waals surface area contributed by atoms with Crippen LogP contribution in [-0.4, -0.2) is 12.3 Å². The first-order valence-electron chi connectivity index (χ1n) is 5.61. The second kappa shape index (κ2) is 5.01. The maximum absolute atomic E-state index is 5.50. The SMILES string of the molecule is CCc1cc(-c2cc(CN)no2)ccc1OC. The van der Waals surface area contributed by atoms with Gasteiger partial charge in [-0.1, -0.05) is 12.1 Å². The van der Waals surface area contributed by atoms with Crippen molar-refractivity contribution in [2.45, 2.75) is 19.9 Å². The van der Waals surface area contributed by atoms with E-state index >= 15 is 0 Å². The normalized spacial score (nSPS) is 10.5. The lowest BCUT2D eigenvalue weighted by Crippen LogP contribution is -1.94. The van der Waals surface area contributed by atoms with Crippen LogP contribution in [0.3, 0.4) is 0 Å². The Morgan fingerprint density at radius 3 is 2.76 bits per heavy atom. The molecule has 0 bridgehead atoms. The molecule has 2 N–H and O–H groups in total. The second-order valence-electron chi connectivity index (χ2n) is 3.77. The molecule has 1 aromatic carbocycles. The van der Waals surface area contributed by atoms with Crippen molar-refractivity contribution in [3.05, 3.63) is 35.5 Å². The number of aromatic nitrogens is 1. The van der Waals surface area contributed by atoms with Gasteiger partial charge in [0.25, 0.3) is 0 Å². The Kier molecular flexibility index (Phi) is 3.44. The molecule has 17 heavy (non-hydrogen) atoms. The molecular formula is C13H16N2O2. The number of hydrogen-bond acceptors (Lipinski definition) is 4. The van der Waals surface area contributed by atoms with Gasteiger partial charge in [0.15, 0.2) is 5.76 Å². The third kappa shape index (κ3) is 2.31. The van der Waals surface area contributed by atoms with E-state index in [0.29, 0.717) is 6.54 Å². The lowest BCUT2D eigenvalue weighted by Gasteiger charge is -2.07. The van der Waals surface area contributed by atoms with Crippen molar-refractivity contribution in [3.8, 4) is 17.1 Å². The van der Waals surface area contributed by atoms with Crippen molar-refractivity contribution < 1.29 is 9.26 Å². The molecule has 0 saturated heterocycles. The number of nitrogens with zero attached hydrogens (tertiary/aromatic N) is 1. The smallest absolute Gasteiger partial charge is 0.167 e. The average molecular weight is 232 g/mol. The van der Waals surface area contributed by atoms with Crippen LogP contribution in [-0.2, 0) is 13.0 Å². The fraction of sp³-hybridized carbons (Fsp3) is 0.308. The maximum Gasteiger partial charge on any atom is 0.167 e. The van der Waals surface area contributed by atoms with E-state index in [9.17, 15) is 0 Å². The molecule has 0 saturated carbocycles. The molecule has 0 radical (unpaired) electrons. The Morgan fingerprint density at radius 1 is 1.35 bits per heavy atom. The first-order valence-corrected chi connectivity index (χ1v) is 5.61. The monoisotopic (exact) mass is 232 g/mol. The summed E-state index contributed by atoms with van der Waals surface area (Å²) >= 11 is 0. The van der Waals surface area contributed by atoms with Crippen molar-refractivity contribution in [1.82, 2.24) is 5.16 Å². The number of methoxy groups -OCH3 is 1. The van der Waals surface area contributed by atoms with E-state index in [1.54, 1.807) is 7.11 Å². The third-order valence-electron chi connectivity index (χ3n) is 2.71. The number of nitrogens with two attached hydrogens (primary N) is 1. The van der Waals surface area contributed by atoms with E-state index in [2.05, 4.69) is 18.1 Å². The van der Waals surface area contributed by atoms with Crippen molar-refractivity contribution in [3.63, 3.8) is 0 Å². The van der Waals surface area contributed by atoms with Gasteiger partial charge in [-0.25, -0.2) is 0 Å². The number of aryl methyl sites for hydroxylation is 1. The predicted octanol–water partition coefficient (Wildman–Crippen LogP) is 2.37. The molecule has 2 aromatic rings. The summed E-state index contributed by atoms with van der Waals surface area (Å²) in [5.74, 6) is 1.64. The largest absolute Gasteiger partial charge is 0.496 e. The highest BCUT2D eigenvalue weighted by Gasteiger charge is 2.08. The lowest BCUT2D eigenvalue weighted by atomic mass is 10.1. The van der Waals surface area contributed by atoms with E-state index < -0.39 is 0 Å². The zero-order valence-electron chi connectivity index (χ0n) is 10.1. The first kappa shape index (κ1) is 11.7. The van der Waals surface area contributed by atoms with Gasteiger partial charge in [0.2, 0.25) is 0 Å². The minimum atomic E-state index is 0.389. The predicted molar refractivity (Wildman–Crippen MR) is 65.8 cm³/mol. The van der Waals surface area contributed by atoms with Gasteiger partial charge in [-0.3, -0.25) is 0 Å². The molecule has 4 heteroatoms. The highest BCUT2D eigenvalue weighted by atomic mass is 16.5. The third-order valence-corrected chi connectivity index (χ3v) is 2.71. The van der Waals surface area contributed by atoms with Gasteiger partial charge in [-0.15, -0.1) is 0 Å². The van der Waals surface area contributed by atoms with Crippen LogP contribution >= 0.6 is 0 Å². The molecular weight excluding hydrogens is 216 g/mol. The Hall–Kier alpha value is -1.81. The Labute approximate surface area is 100 Å². The molecule has 0 aliphatic rings. The maximum atomic E-state index is 5.50. The molecule has 1 aromatic heterocycles. The quantitative estimate of drug-likeness (QED) is 0.879. The minimum Gasteiger partial charge on any atom is -0.496 e. The molecule has 2 rings (SSSR count). The molecule has 0 fully saturated rings. The molecule has 0 unspecified atom stereocenters. The van der Waals surface area contributed by atoms with Crippen molar-refractivity contribution in [2.24, 2.45) is 5.73 Å². The van der Waals surface area contributed by atoms with E-state index in [-0.39, 0.29) is 0 Å². The lowest BCUT2D eigenvalue weighted by molar-refractivity contribution is 0.409. The number of hydrogen-bond donors (Lipinski definition) is 1. The summed E-state index contributed by atoms with van der Waals surface area (Å²) < 4.78 is 10.5. The Morgan fingerprint density at radius 2 is 2.18 bits per heavy atom. The van der Waals surface area contributed by atoms with E-state index in [1.807, 2.05) is 18.2 Å². The second-order valence-corrected chi connectivity index (χ2v) is 3.77. The van der Waals surface area contributed by atoms with Crippen LogP contribution in [0.4, 0.5) is 0 Å². The van der Waals surface area contributed by atoms with Crippen LogP contribution in [0.2, 0.25) is 0 Å². The number of ether oxygens (including phenoxy) is 1. The minimum absolute atomic E-state index is 0.389. The number of benzene rings is 1. The standard InChI is InChI=1S/C13H16N2O2/c1-3-9-6-10(4-5-12(9)16-2)13-7-11(8-14)15-17-13/h4-7H,3,8,14H2,1-2H3. The van der Waals surface area contributed by atoms with Crippen LogP contribution in [0.25, 0.3) is 11.3 Å². The molecule has 4 nitrogen and oxygen atoms in total. The summed E-state index contributed by atoms with van der Waals surface area (Å²) in [5.41, 5.74) is 8.40. The topological polar surface area (TPSA) is 61.3 Å². The summed E-state index contributed by atoms with van der Waals surface area (Å²) in [6.45, 7) is 2.48. The molecule has 90 valence electrons. The molecule has 0 aliphatic carbocycles. The summed E-state index contributed by atoms with van der Waals surface area (Å²) in [6.07, 6.45) is 0.912. The fourth-order valence-corrected chi connectivity index (χ4v) is 1.75. The van der Waals surface area contributed by atoms with Gasteiger partial charge in [0.1, 0.15) is 5.75 Å². The molecule has 0 amide bonds. The molecule has 0 atom stereocenters. The highest BCUT2D eigenvalue weighted by molar-refractivity contribution is 5.60. The average Bonchev–Trinajstić information content (AvgIpc) is 2.86. The van der Waals surface area contributed by atoms with Crippen LogP contribution in [0.15, 0.2) is 28.8 Å². The summed E-state index contributed by atoms with van der Waals surface area (Å²) in [4.78, 5) is 0. The van der Waals surface area contributed by atoms with Crippen LogP contribution in [0, 0.1) is 0 Å². The van der Waals surface area contributed by atoms with Gasteiger partial charge < -0.3 is 15.0 Å². The zero-order valence-corrected chi connectivity index (χ0v) is 10.1. The van der Waals surface area contributed by atoms with Crippen molar-refractivity contribution >= 4 is 0 Å².